The van der Waals surface area contributed by atoms with Crippen LogP contribution in [0.2, 0.25) is 0 Å². The van der Waals surface area contributed by atoms with Gasteiger partial charge in [-0.2, -0.15) is 0 Å². The number of Topliss-reactive ketones (excluding diaryl/α,β-unsaturated/α-hetero) is 1. The largest absolute Gasteiger partial charge is 0.352 e. The van der Waals surface area contributed by atoms with Gasteiger partial charge < -0.3 is 11.1 Å². The molecule has 8 atom stereocenters. The van der Waals surface area contributed by atoms with E-state index < -0.39 is 6.03 Å². The zero-order valence-electron chi connectivity index (χ0n) is 24.1. The maximum atomic E-state index is 13.6. The first-order valence-electron chi connectivity index (χ1n) is 14.4. The number of carbonyl (C=O) groups excluding carboxylic acids is 3. The summed E-state index contributed by atoms with van der Waals surface area (Å²) < 4.78 is 0. The fraction of sp³-hybridized carbons (Fsp3) is 0.839. The lowest BCUT2D eigenvalue weighted by molar-refractivity contribution is -0.138. The minimum Gasteiger partial charge on any atom is -0.352 e. The van der Waals surface area contributed by atoms with E-state index in [2.05, 4.69) is 60.7 Å². The number of urea groups is 1. The molecule has 4 aliphatic carbocycles. The minimum absolute atomic E-state index is 0.0490. The monoisotopic (exact) mass is 498 g/mol. The van der Waals surface area contributed by atoms with Gasteiger partial charge in [0.25, 0.3) is 0 Å². The van der Waals surface area contributed by atoms with Crippen LogP contribution in [0.3, 0.4) is 0 Å². The lowest BCUT2D eigenvalue weighted by atomic mass is 9.40. The van der Waals surface area contributed by atoms with Gasteiger partial charge in [0.15, 0.2) is 5.78 Å². The van der Waals surface area contributed by atoms with Crippen molar-refractivity contribution < 1.29 is 14.4 Å². The summed E-state index contributed by atoms with van der Waals surface area (Å²) in [5, 5.41) is 3.04. The first-order valence-corrected chi connectivity index (χ1v) is 14.4. The van der Waals surface area contributed by atoms with Gasteiger partial charge in [0, 0.05) is 23.3 Å². The van der Waals surface area contributed by atoms with E-state index in [9.17, 15) is 14.4 Å². The van der Waals surface area contributed by atoms with Crippen LogP contribution in [0.4, 0.5) is 4.79 Å². The Labute approximate surface area is 218 Å². The van der Waals surface area contributed by atoms with Crippen LogP contribution < -0.4 is 11.1 Å². The number of rotatable bonds is 4. The number of allylic oxidation sites excluding steroid dienone is 2. The standard InChI is InChI=1S/C31H50N2O3/c1-19-9-10-25(35)27(3,4)21(19)11-12-30(7)20(2)24(34)17-22-23-18-29(6,33-26(32)36)15-13-28(23,5)14-16-31(22,30)8/h17,19-21,23H,9-16,18H2,1-8H3,(H3,32,33,36)/t19-,20+,21?,23+,28-,29+,30-,31-/m1/s1. The molecular formula is C31H50N2O3. The van der Waals surface area contributed by atoms with Crippen LogP contribution in [0, 0.1) is 45.3 Å². The van der Waals surface area contributed by atoms with E-state index in [1.807, 2.05) is 6.08 Å². The fourth-order valence-corrected chi connectivity index (χ4v) is 9.13. The molecule has 0 aromatic heterocycles. The van der Waals surface area contributed by atoms with E-state index in [1.54, 1.807) is 0 Å². The van der Waals surface area contributed by atoms with Crippen LogP contribution in [-0.4, -0.2) is 23.1 Å². The average Bonchev–Trinajstić information content (AvgIpc) is 2.77. The predicted molar refractivity (Wildman–Crippen MR) is 144 cm³/mol. The van der Waals surface area contributed by atoms with Crippen molar-refractivity contribution in [2.45, 2.75) is 119 Å². The summed E-state index contributed by atoms with van der Waals surface area (Å²) in [4.78, 5) is 38.3. The maximum Gasteiger partial charge on any atom is 0.312 e. The molecule has 0 aromatic rings. The lowest BCUT2D eigenvalue weighted by Gasteiger charge is -2.64. The molecule has 5 nitrogen and oxygen atoms in total. The molecule has 0 bridgehead atoms. The highest BCUT2D eigenvalue weighted by Crippen LogP contribution is 2.68. The van der Waals surface area contributed by atoms with Gasteiger partial charge in [-0.25, -0.2) is 4.79 Å². The van der Waals surface area contributed by atoms with Crippen LogP contribution in [0.25, 0.3) is 0 Å². The minimum atomic E-state index is -0.467. The molecule has 0 spiro atoms. The molecule has 0 aliphatic heterocycles. The highest BCUT2D eigenvalue weighted by Gasteiger charge is 2.62. The SMILES string of the molecule is C[C@@H]1CCC(=O)C(C)(C)C1CC[C@]1(C)[C@@H](C)C(=O)C=C2[C@@H]3C[C@@](C)(NC(N)=O)CC[C@]3(C)CC[C@]21C. The third-order valence-electron chi connectivity index (χ3n) is 12.5. The molecule has 3 N–H and O–H groups in total. The van der Waals surface area contributed by atoms with E-state index in [4.69, 9.17) is 5.73 Å². The van der Waals surface area contributed by atoms with Crippen molar-refractivity contribution in [1.82, 2.24) is 5.32 Å². The van der Waals surface area contributed by atoms with E-state index in [-0.39, 0.29) is 44.8 Å². The summed E-state index contributed by atoms with van der Waals surface area (Å²) in [5.74, 6) is 1.72. The summed E-state index contributed by atoms with van der Waals surface area (Å²) in [6.45, 7) is 18.0. The number of hydrogen-bond acceptors (Lipinski definition) is 3. The van der Waals surface area contributed by atoms with Crippen molar-refractivity contribution >= 4 is 17.6 Å². The van der Waals surface area contributed by atoms with Crippen LogP contribution in [-0.2, 0) is 9.59 Å². The summed E-state index contributed by atoms with van der Waals surface area (Å²) in [5.41, 5.74) is 6.11. The Morgan fingerprint density at radius 2 is 1.67 bits per heavy atom. The molecule has 5 heteroatoms. The Bertz CT molecular complexity index is 984. The summed E-state index contributed by atoms with van der Waals surface area (Å²) >= 11 is 0. The van der Waals surface area contributed by atoms with Crippen molar-refractivity contribution in [1.29, 1.82) is 0 Å². The van der Waals surface area contributed by atoms with Crippen molar-refractivity contribution in [3.63, 3.8) is 0 Å². The van der Waals surface area contributed by atoms with Crippen LogP contribution in [0.5, 0.6) is 0 Å². The second-order valence-corrected chi connectivity index (χ2v) is 14.7. The Morgan fingerprint density at radius 1 is 1.03 bits per heavy atom. The molecule has 3 fully saturated rings. The molecule has 4 aliphatic rings. The van der Waals surface area contributed by atoms with Crippen molar-refractivity contribution in [2.24, 2.45) is 51.1 Å². The molecule has 1 unspecified atom stereocenters. The van der Waals surface area contributed by atoms with Gasteiger partial charge >= 0.3 is 6.03 Å². The number of amides is 2. The van der Waals surface area contributed by atoms with Gasteiger partial charge in [-0.3, -0.25) is 9.59 Å². The van der Waals surface area contributed by atoms with E-state index in [1.165, 1.54) is 5.57 Å². The first-order chi connectivity index (χ1) is 16.5. The smallest absolute Gasteiger partial charge is 0.312 e. The molecule has 36 heavy (non-hydrogen) atoms. The number of hydrogen-bond donors (Lipinski definition) is 2. The third-order valence-corrected chi connectivity index (χ3v) is 12.5. The zero-order valence-corrected chi connectivity index (χ0v) is 24.1. The van der Waals surface area contributed by atoms with Crippen molar-refractivity contribution in [3.05, 3.63) is 11.6 Å². The normalized spacial score (nSPS) is 46.4. The molecular weight excluding hydrogens is 448 g/mol. The van der Waals surface area contributed by atoms with Gasteiger partial charge in [-0.05, 0) is 98.4 Å². The Hall–Kier alpha value is -1.65. The van der Waals surface area contributed by atoms with Crippen LogP contribution >= 0.6 is 0 Å². The van der Waals surface area contributed by atoms with Crippen molar-refractivity contribution in [3.8, 4) is 0 Å². The highest BCUT2D eigenvalue weighted by atomic mass is 16.2. The number of nitrogens with two attached hydrogens (primary N) is 1. The summed E-state index contributed by atoms with van der Waals surface area (Å²) in [6, 6.07) is -0.467. The number of ketones is 2. The molecule has 0 aromatic carbocycles. The van der Waals surface area contributed by atoms with E-state index in [0.29, 0.717) is 24.0 Å². The lowest BCUT2D eigenvalue weighted by Crippen LogP contribution is -2.60. The topological polar surface area (TPSA) is 89.3 Å². The maximum absolute atomic E-state index is 13.6. The van der Waals surface area contributed by atoms with Gasteiger partial charge in [-0.15, -0.1) is 0 Å². The van der Waals surface area contributed by atoms with Gasteiger partial charge in [0.2, 0.25) is 0 Å². The second kappa shape index (κ2) is 8.70. The first kappa shape index (κ1) is 27.4. The molecule has 0 radical (unpaired) electrons. The molecule has 3 saturated carbocycles. The average molecular weight is 499 g/mol. The Morgan fingerprint density at radius 3 is 2.31 bits per heavy atom. The fourth-order valence-electron chi connectivity index (χ4n) is 9.13. The molecule has 202 valence electrons. The van der Waals surface area contributed by atoms with E-state index in [0.717, 1.165) is 51.4 Å². The molecule has 2 amide bonds. The number of fused-ring (bicyclic) bond motifs is 3. The van der Waals surface area contributed by atoms with Gasteiger partial charge in [0.05, 0.1) is 0 Å². The van der Waals surface area contributed by atoms with Crippen molar-refractivity contribution in [2.75, 3.05) is 0 Å². The Balaban J connectivity index is 1.68. The van der Waals surface area contributed by atoms with Gasteiger partial charge in [0.1, 0.15) is 5.78 Å². The molecule has 0 heterocycles. The molecule has 0 saturated heterocycles. The van der Waals surface area contributed by atoms with E-state index >= 15 is 0 Å². The Kier molecular flexibility index (Phi) is 6.62. The second-order valence-electron chi connectivity index (χ2n) is 14.7. The number of carbonyl (C=O) groups is 3. The van der Waals surface area contributed by atoms with Gasteiger partial charge in [-0.1, -0.05) is 54.0 Å². The summed E-state index contributed by atoms with van der Waals surface area (Å²) in [6.07, 6.45) is 10.6. The quantitative estimate of drug-likeness (QED) is 0.458. The van der Waals surface area contributed by atoms with Crippen LogP contribution in [0.1, 0.15) is 113 Å². The van der Waals surface area contributed by atoms with Crippen LogP contribution in [0.15, 0.2) is 11.6 Å². The molecule has 4 rings (SSSR count). The highest BCUT2D eigenvalue weighted by molar-refractivity contribution is 5.94. The number of nitrogens with one attached hydrogen (secondary N) is 1. The third kappa shape index (κ3) is 4.07. The number of primary amides is 1. The summed E-state index contributed by atoms with van der Waals surface area (Å²) in [7, 11) is 0. The predicted octanol–water partition coefficient (Wildman–Crippen LogP) is 6.59. The zero-order chi connectivity index (χ0) is 26.9.